The van der Waals surface area contributed by atoms with Gasteiger partial charge in [-0.15, -0.1) is 0 Å². The molecule has 1 aliphatic carbocycles. The highest BCUT2D eigenvalue weighted by atomic mass is 32.2. The number of amides is 1. The fourth-order valence-corrected chi connectivity index (χ4v) is 2.75. The van der Waals surface area contributed by atoms with E-state index in [1.54, 1.807) is 23.9 Å². The van der Waals surface area contributed by atoms with Crippen molar-refractivity contribution in [1.82, 2.24) is 5.32 Å². The number of furan rings is 1. The van der Waals surface area contributed by atoms with Crippen LogP contribution in [-0.2, 0) is 10.5 Å². The van der Waals surface area contributed by atoms with E-state index in [2.05, 4.69) is 5.32 Å². The molecule has 1 fully saturated rings. The summed E-state index contributed by atoms with van der Waals surface area (Å²) in [6.07, 6.45) is 3.80. The molecule has 2 N–H and O–H groups in total. The third-order valence-electron chi connectivity index (χ3n) is 3.29. The summed E-state index contributed by atoms with van der Waals surface area (Å²) >= 11 is 1.63. The molecular weight excluding hydrogens is 266 g/mol. The second-order valence-electron chi connectivity index (χ2n) is 4.72. The SMILES string of the molecule is CSCc1ccc(C(=O)NC2CCC(C(=O)O)C2)o1. The molecule has 1 aliphatic rings. The Kier molecular flexibility index (Phi) is 4.52. The normalized spacial score (nSPS) is 22.4. The van der Waals surface area contributed by atoms with Crippen LogP contribution in [0, 0.1) is 5.92 Å². The molecule has 5 nitrogen and oxygen atoms in total. The number of hydrogen-bond donors (Lipinski definition) is 2. The summed E-state index contributed by atoms with van der Waals surface area (Å²) in [5.41, 5.74) is 0. The minimum Gasteiger partial charge on any atom is -0.481 e. The second-order valence-corrected chi connectivity index (χ2v) is 5.58. The van der Waals surface area contributed by atoms with Gasteiger partial charge in [-0.05, 0) is 37.7 Å². The molecule has 1 heterocycles. The third-order valence-corrected chi connectivity index (χ3v) is 3.86. The number of carboxylic acids is 1. The van der Waals surface area contributed by atoms with E-state index >= 15 is 0 Å². The van der Waals surface area contributed by atoms with Crippen molar-refractivity contribution >= 4 is 23.6 Å². The summed E-state index contributed by atoms with van der Waals surface area (Å²) in [6.45, 7) is 0. The predicted molar refractivity (Wildman–Crippen MR) is 72.2 cm³/mol. The van der Waals surface area contributed by atoms with Gasteiger partial charge in [0.25, 0.3) is 5.91 Å². The van der Waals surface area contributed by atoms with Gasteiger partial charge in [0.1, 0.15) is 5.76 Å². The van der Waals surface area contributed by atoms with Crippen molar-refractivity contribution in [2.75, 3.05) is 6.26 Å². The molecule has 0 aliphatic heterocycles. The minimum absolute atomic E-state index is 0.0669. The lowest BCUT2D eigenvalue weighted by molar-refractivity contribution is -0.141. The summed E-state index contributed by atoms with van der Waals surface area (Å²) in [5.74, 6) is 0.419. The van der Waals surface area contributed by atoms with Gasteiger partial charge in [0, 0.05) is 6.04 Å². The molecule has 0 saturated heterocycles. The molecule has 2 unspecified atom stereocenters. The van der Waals surface area contributed by atoms with E-state index in [-0.39, 0.29) is 17.9 Å². The van der Waals surface area contributed by atoms with Crippen molar-refractivity contribution in [1.29, 1.82) is 0 Å². The second kappa shape index (κ2) is 6.14. The van der Waals surface area contributed by atoms with Crippen LogP contribution in [0.25, 0.3) is 0 Å². The van der Waals surface area contributed by atoms with Crippen LogP contribution < -0.4 is 5.32 Å². The fraction of sp³-hybridized carbons (Fsp3) is 0.538. The number of carboxylic acid groups (broad SMARTS) is 1. The van der Waals surface area contributed by atoms with Crippen molar-refractivity contribution < 1.29 is 19.1 Å². The van der Waals surface area contributed by atoms with Gasteiger partial charge in [0.05, 0.1) is 11.7 Å². The Morgan fingerprint density at radius 3 is 2.89 bits per heavy atom. The van der Waals surface area contributed by atoms with Crippen LogP contribution in [0.1, 0.15) is 35.6 Å². The van der Waals surface area contributed by atoms with E-state index in [1.807, 2.05) is 6.26 Å². The van der Waals surface area contributed by atoms with E-state index in [9.17, 15) is 9.59 Å². The van der Waals surface area contributed by atoms with Crippen LogP contribution in [0.2, 0.25) is 0 Å². The molecule has 0 aromatic carbocycles. The molecule has 0 radical (unpaired) electrons. The molecule has 1 aromatic rings. The van der Waals surface area contributed by atoms with Crippen LogP contribution in [0.15, 0.2) is 16.5 Å². The number of carbonyl (C=O) groups excluding carboxylic acids is 1. The maximum absolute atomic E-state index is 11.9. The van der Waals surface area contributed by atoms with Gasteiger partial charge in [0.15, 0.2) is 5.76 Å². The fourth-order valence-electron chi connectivity index (χ4n) is 2.31. The molecule has 19 heavy (non-hydrogen) atoms. The zero-order valence-corrected chi connectivity index (χ0v) is 11.5. The highest BCUT2D eigenvalue weighted by Gasteiger charge is 2.31. The third kappa shape index (κ3) is 3.53. The number of aliphatic carboxylic acids is 1. The Morgan fingerprint density at radius 2 is 2.26 bits per heavy atom. The molecule has 6 heteroatoms. The van der Waals surface area contributed by atoms with Gasteiger partial charge in [-0.1, -0.05) is 0 Å². The van der Waals surface area contributed by atoms with Crippen molar-refractivity contribution in [3.63, 3.8) is 0 Å². The van der Waals surface area contributed by atoms with Gasteiger partial charge in [0.2, 0.25) is 0 Å². The lowest BCUT2D eigenvalue weighted by Gasteiger charge is -2.10. The van der Waals surface area contributed by atoms with Crippen LogP contribution in [0.4, 0.5) is 0 Å². The van der Waals surface area contributed by atoms with Crippen LogP contribution in [0.5, 0.6) is 0 Å². The topological polar surface area (TPSA) is 79.5 Å². The summed E-state index contributed by atoms with van der Waals surface area (Å²) in [5, 5.41) is 11.7. The van der Waals surface area contributed by atoms with Crippen LogP contribution in [0.3, 0.4) is 0 Å². The number of hydrogen-bond acceptors (Lipinski definition) is 4. The molecule has 0 bridgehead atoms. The Morgan fingerprint density at radius 1 is 1.47 bits per heavy atom. The molecule has 1 saturated carbocycles. The predicted octanol–water partition coefficient (Wildman–Crippen LogP) is 2.13. The Bertz CT molecular complexity index is 471. The van der Waals surface area contributed by atoms with E-state index in [1.165, 1.54) is 0 Å². The summed E-state index contributed by atoms with van der Waals surface area (Å²) in [4.78, 5) is 22.8. The first-order valence-corrected chi connectivity index (χ1v) is 7.61. The van der Waals surface area contributed by atoms with Crippen molar-refractivity contribution in [3.05, 3.63) is 23.7 Å². The average molecular weight is 283 g/mol. The maximum Gasteiger partial charge on any atom is 0.306 e. The van der Waals surface area contributed by atoms with Gasteiger partial charge in [-0.3, -0.25) is 9.59 Å². The molecule has 1 aromatic heterocycles. The summed E-state index contributed by atoms with van der Waals surface area (Å²) < 4.78 is 5.42. The summed E-state index contributed by atoms with van der Waals surface area (Å²) in [6, 6.07) is 3.38. The van der Waals surface area contributed by atoms with Crippen molar-refractivity contribution in [2.24, 2.45) is 5.92 Å². The summed E-state index contributed by atoms with van der Waals surface area (Å²) in [7, 11) is 0. The highest BCUT2D eigenvalue weighted by Crippen LogP contribution is 2.26. The maximum atomic E-state index is 11.9. The molecule has 0 spiro atoms. The molecule has 2 rings (SSSR count). The zero-order valence-electron chi connectivity index (χ0n) is 10.7. The number of nitrogens with one attached hydrogen (secondary N) is 1. The lowest BCUT2D eigenvalue weighted by Crippen LogP contribution is -2.33. The zero-order chi connectivity index (χ0) is 13.8. The van der Waals surface area contributed by atoms with Gasteiger partial charge in [-0.2, -0.15) is 11.8 Å². The average Bonchev–Trinajstić information content (AvgIpc) is 2.98. The quantitative estimate of drug-likeness (QED) is 0.865. The highest BCUT2D eigenvalue weighted by molar-refractivity contribution is 7.97. The molecular formula is C13H17NO4S. The van der Waals surface area contributed by atoms with Crippen molar-refractivity contribution in [2.45, 2.75) is 31.1 Å². The van der Waals surface area contributed by atoms with Crippen molar-refractivity contribution in [3.8, 4) is 0 Å². The van der Waals surface area contributed by atoms with Gasteiger partial charge >= 0.3 is 5.97 Å². The standard InChI is InChI=1S/C13H17NO4S/c1-19-7-10-4-5-11(18-10)12(15)14-9-3-2-8(6-9)13(16)17/h4-5,8-9H,2-3,6-7H2,1H3,(H,14,15)(H,16,17). The molecule has 1 amide bonds. The van der Waals surface area contributed by atoms with E-state index < -0.39 is 5.97 Å². The van der Waals surface area contributed by atoms with E-state index in [0.29, 0.717) is 25.0 Å². The first-order valence-electron chi connectivity index (χ1n) is 6.21. The molecule has 104 valence electrons. The lowest BCUT2D eigenvalue weighted by atomic mass is 10.1. The number of carbonyl (C=O) groups is 2. The van der Waals surface area contributed by atoms with Crippen LogP contribution in [-0.4, -0.2) is 29.3 Å². The number of rotatable bonds is 5. The Hall–Kier alpha value is -1.43. The largest absolute Gasteiger partial charge is 0.481 e. The minimum atomic E-state index is -0.781. The molecule has 2 atom stereocenters. The van der Waals surface area contributed by atoms with Gasteiger partial charge < -0.3 is 14.8 Å². The van der Waals surface area contributed by atoms with Gasteiger partial charge in [-0.25, -0.2) is 0 Å². The Labute approximate surface area is 115 Å². The Balaban J connectivity index is 1.88. The smallest absolute Gasteiger partial charge is 0.306 e. The first-order chi connectivity index (χ1) is 9.10. The monoisotopic (exact) mass is 283 g/mol. The van der Waals surface area contributed by atoms with E-state index in [0.717, 1.165) is 11.5 Å². The van der Waals surface area contributed by atoms with Crippen LogP contribution >= 0.6 is 11.8 Å². The first kappa shape index (κ1) is 14.0. The van der Waals surface area contributed by atoms with E-state index in [4.69, 9.17) is 9.52 Å². The number of thioether (sulfide) groups is 1.